The summed E-state index contributed by atoms with van der Waals surface area (Å²) in [6.45, 7) is 3.86. The van der Waals surface area contributed by atoms with E-state index in [1.54, 1.807) is 6.20 Å². The van der Waals surface area contributed by atoms with Crippen molar-refractivity contribution in [1.82, 2.24) is 15.0 Å². The van der Waals surface area contributed by atoms with Crippen molar-refractivity contribution in [2.75, 3.05) is 5.73 Å². The van der Waals surface area contributed by atoms with Crippen molar-refractivity contribution in [3.63, 3.8) is 0 Å². The first-order valence-corrected chi connectivity index (χ1v) is 5.88. The molecular formula is C11H11IN4. The molecule has 5 heteroatoms. The van der Waals surface area contributed by atoms with Gasteiger partial charge in [0.15, 0.2) is 5.82 Å². The zero-order valence-corrected chi connectivity index (χ0v) is 11.2. The van der Waals surface area contributed by atoms with Crippen LogP contribution < -0.4 is 5.73 Å². The summed E-state index contributed by atoms with van der Waals surface area (Å²) in [6.07, 6.45) is 1.76. The van der Waals surface area contributed by atoms with Crippen LogP contribution in [0.15, 0.2) is 18.3 Å². The van der Waals surface area contributed by atoms with Gasteiger partial charge in [0.25, 0.3) is 0 Å². The molecule has 2 aromatic heterocycles. The predicted molar refractivity (Wildman–Crippen MR) is 71.9 cm³/mol. The average Bonchev–Trinajstić information content (AvgIpc) is 2.26. The molecule has 0 aromatic carbocycles. The van der Waals surface area contributed by atoms with Crippen molar-refractivity contribution < 1.29 is 0 Å². The van der Waals surface area contributed by atoms with Crippen molar-refractivity contribution in [3.05, 3.63) is 33.3 Å². The largest absolute Gasteiger partial charge is 0.383 e. The van der Waals surface area contributed by atoms with Gasteiger partial charge >= 0.3 is 0 Å². The normalized spacial score (nSPS) is 10.4. The van der Waals surface area contributed by atoms with E-state index >= 15 is 0 Å². The third-order valence-corrected chi connectivity index (χ3v) is 3.55. The van der Waals surface area contributed by atoms with Gasteiger partial charge in [-0.2, -0.15) is 0 Å². The Bertz CT molecular complexity index is 499. The third-order valence-electron chi connectivity index (χ3n) is 2.21. The number of anilines is 1. The molecule has 0 aliphatic rings. The summed E-state index contributed by atoms with van der Waals surface area (Å²) in [6, 6.07) is 3.88. The van der Waals surface area contributed by atoms with Gasteiger partial charge < -0.3 is 5.73 Å². The first kappa shape index (κ1) is 11.3. The average molecular weight is 326 g/mol. The van der Waals surface area contributed by atoms with Gasteiger partial charge in [0.05, 0.1) is 9.26 Å². The molecule has 0 aliphatic carbocycles. The van der Waals surface area contributed by atoms with E-state index in [1.807, 2.05) is 26.0 Å². The van der Waals surface area contributed by atoms with E-state index in [-0.39, 0.29) is 0 Å². The fraction of sp³-hybridized carbons (Fsp3) is 0.182. The van der Waals surface area contributed by atoms with Gasteiger partial charge in [0, 0.05) is 17.5 Å². The minimum atomic E-state index is 0.517. The maximum absolute atomic E-state index is 5.81. The van der Waals surface area contributed by atoms with Crippen LogP contribution in [0.25, 0.3) is 11.4 Å². The van der Waals surface area contributed by atoms with Gasteiger partial charge in [-0.15, -0.1) is 0 Å². The molecule has 0 saturated heterocycles. The molecule has 0 amide bonds. The number of aromatic nitrogens is 3. The highest BCUT2D eigenvalue weighted by atomic mass is 127. The second-order valence-corrected chi connectivity index (χ2v) is 4.60. The molecule has 0 radical (unpaired) electrons. The van der Waals surface area contributed by atoms with E-state index in [9.17, 15) is 0 Å². The maximum Gasteiger partial charge on any atom is 0.163 e. The SMILES string of the molecule is Cc1ccc(-c2nc(C)c(I)c(N)n2)cn1. The summed E-state index contributed by atoms with van der Waals surface area (Å²) < 4.78 is 0.904. The van der Waals surface area contributed by atoms with E-state index in [2.05, 4.69) is 37.5 Å². The van der Waals surface area contributed by atoms with E-state index in [4.69, 9.17) is 5.73 Å². The number of hydrogen-bond donors (Lipinski definition) is 1. The van der Waals surface area contributed by atoms with Crippen LogP contribution in [0, 0.1) is 17.4 Å². The van der Waals surface area contributed by atoms with Gasteiger partial charge in [-0.1, -0.05) is 0 Å². The van der Waals surface area contributed by atoms with Crippen molar-refractivity contribution in [2.24, 2.45) is 0 Å². The van der Waals surface area contributed by atoms with Crippen LogP contribution in [-0.2, 0) is 0 Å². The van der Waals surface area contributed by atoms with Crippen LogP contribution in [0.5, 0.6) is 0 Å². The van der Waals surface area contributed by atoms with E-state index in [0.29, 0.717) is 11.6 Å². The second kappa shape index (κ2) is 4.32. The second-order valence-electron chi connectivity index (χ2n) is 3.52. The fourth-order valence-corrected chi connectivity index (χ4v) is 1.55. The molecule has 0 saturated carbocycles. The zero-order valence-electron chi connectivity index (χ0n) is 9.03. The maximum atomic E-state index is 5.81. The number of nitrogens with two attached hydrogens (primary N) is 1. The van der Waals surface area contributed by atoms with Crippen molar-refractivity contribution in [2.45, 2.75) is 13.8 Å². The highest BCUT2D eigenvalue weighted by molar-refractivity contribution is 14.1. The molecule has 82 valence electrons. The van der Waals surface area contributed by atoms with Gasteiger partial charge in [0.1, 0.15) is 5.82 Å². The number of aryl methyl sites for hydroxylation is 2. The Morgan fingerprint density at radius 3 is 2.50 bits per heavy atom. The number of hydrogen-bond acceptors (Lipinski definition) is 4. The van der Waals surface area contributed by atoms with Crippen LogP contribution in [-0.4, -0.2) is 15.0 Å². The monoisotopic (exact) mass is 326 g/mol. The van der Waals surface area contributed by atoms with E-state index < -0.39 is 0 Å². The summed E-state index contributed by atoms with van der Waals surface area (Å²) in [7, 11) is 0. The fourth-order valence-electron chi connectivity index (χ4n) is 1.31. The Morgan fingerprint density at radius 1 is 1.19 bits per heavy atom. The highest BCUT2D eigenvalue weighted by Gasteiger charge is 2.08. The lowest BCUT2D eigenvalue weighted by Crippen LogP contribution is -2.02. The molecule has 0 spiro atoms. The van der Waals surface area contributed by atoms with Crippen LogP contribution in [0.1, 0.15) is 11.4 Å². The smallest absolute Gasteiger partial charge is 0.163 e. The molecule has 0 unspecified atom stereocenters. The molecule has 16 heavy (non-hydrogen) atoms. The van der Waals surface area contributed by atoms with Crippen LogP contribution in [0.2, 0.25) is 0 Å². The Hall–Kier alpha value is -1.24. The summed E-state index contributed by atoms with van der Waals surface area (Å²) in [4.78, 5) is 12.9. The lowest BCUT2D eigenvalue weighted by Gasteiger charge is -2.05. The van der Waals surface area contributed by atoms with E-state index in [1.165, 1.54) is 0 Å². The molecule has 0 bridgehead atoms. The Balaban J connectivity index is 2.52. The molecule has 2 aromatic rings. The van der Waals surface area contributed by atoms with Crippen LogP contribution in [0.4, 0.5) is 5.82 Å². The summed E-state index contributed by atoms with van der Waals surface area (Å²) >= 11 is 2.14. The molecule has 0 atom stereocenters. The number of rotatable bonds is 1. The molecule has 2 heterocycles. The summed E-state index contributed by atoms with van der Waals surface area (Å²) in [5.41, 5.74) is 8.56. The first-order chi connectivity index (χ1) is 7.58. The van der Waals surface area contributed by atoms with Gasteiger partial charge in [-0.25, -0.2) is 9.97 Å². The molecule has 0 fully saturated rings. The first-order valence-electron chi connectivity index (χ1n) is 4.80. The van der Waals surface area contributed by atoms with Gasteiger partial charge in [0.2, 0.25) is 0 Å². The Kier molecular flexibility index (Phi) is 3.04. The van der Waals surface area contributed by atoms with E-state index in [0.717, 1.165) is 20.5 Å². The van der Waals surface area contributed by atoms with Gasteiger partial charge in [-0.3, -0.25) is 4.98 Å². The minimum Gasteiger partial charge on any atom is -0.383 e. The third kappa shape index (κ3) is 2.13. The Morgan fingerprint density at radius 2 is 1.94 bits per heavy atom. The topological polar surface area (TPSA) is 64.7 Å². The molecule has 0 aliphatic heterocycles. The summed E-state index contributed by atoms with van der Waals surface area (Å²) in [5.74, 6) is 1.14. The zero-order chi connectivity index (χ0) is 11.7. The van der Waals surface area contributed by atoms with Crippen molar-refractivity contribution in [3.8, 4) is 11.4 Å². The standard InChI is InChI=1S/C11H11IN4/c1-6-3-4-8(5-14-6)11-15-7(2)9(12)10(13)16-11/h3-5H,1-2H3,(H2,13,15,16). The molecular weight excluding hydrogens is 315 g/mol. The number of halogens is 1. The number of nitrogens with zero attached hydrogens (tertiary/aromatic N) is 3. The number of nitrogen functional groups attached to an aromatic ring is 1. The van der Waals surface area contributed by atoms with Crippen LogP contribution >= 0.6 is 22.6 Å². The quantitative estimate of drug-likeness (QED) is 0.817. The predicted octanol–water partition coefficient (Wildman–Crippen LogP) is 2.34. The van der Waals surface area contributed by atoms with Crippen molar-refractivity contribution >= 4 is 28.4 Å². The van der Waals surface area contributed by atoms with Crippen molar-refractivity contribution in [1.29, 1.82) is 0 Å². The Labute approximate surface area is 107 Å². The molecule has 4 nitrogen and oxygen atoms in total. The summed E-state index contributed by atoms with van der Waals surface area (Å²) in [5, 5.41) is 0. The lowest BCUT2D eigenvalue weighted by atomic mass is 10.2. The van der Waals surface area contributed by atoms with Crippen LogP contribution in [0.3, 0.4) is 0 Å². The lowest BCUT2D eigenvalue weighted by molar-refractivity contribution is 1.09. The number of pyridine rings is 1. The minimum absolute atomic E-state index is 0.517. The van der Waals surface area contributed by atoms with Gasteiger partial charge in [-0.05, 0) is 48.6 Å². The molecule has 2 rings (SSSR count). The highest BCUT2D eigenvalue weighted by Crippen LogP contribution is 2.21. The molecule has 2 N–H and O–H groups in total.